The van der Waals surface area contributed by atoms with E-state index in [-0.39, 0.29) is 5.91 Å². The first-order valence-electron chi connectivity index (χ1n) is 10.1. The highest BCUT2D eigenvalue weighted by molar-refractivity contribution is 6.13. The molecule has 0 atom stereocenters. The number of hydrogen-bond acceptors (Lipinski definition) is 5. The van der Waals surface area contributed by atoms with Crippen LogP contribution in [0.4, 0.5) is 17.2 Å². The van der Waals surface area contributed by atoms with Crippen molar-refractivity contribution in [3.63, 3.8) is 0 Å². The molecule has 6 heteroatoms. The molecule has 0 bridgehead atoms. The number of hydrogen-bond donors (Lipinski definition) is 1. The first-order chi connectivity index (χ1) is 14.8. The fourth-order valence-electron chi connectivity index (χ4n) is 3.89. The zero-order valence-corrected chi connectivity index (χ0v) is 16.5. The number of anilines is 2. The van der Waals surface area contributed by atoms with Gasteiger partial charge in [0.25, 0.3) is 5.91 Å². The standard InChI is InChI=1S/C24H22N4O2/c29-24(27-22-9-1-2-10-25-22)20-8-4-6-18-16-21(26-23(18)20)17-5-3-7-19(15-17)28-11-13-30-14-12-28/h1-10,15H,11-14,16H2,(H,25,27,29). The number of aliphatic imine (C=N–C) groups is 1. The van der Waals surface area contributed by atoms with E-state index < -0.39 is 0 Å². The Balaban J connectivity index is 1.42. The van der Waals surface area contributed by atoms with Gasteiger partial charge in [0.05, 0.1) is 30.2 Å². The van der Waals surface area contributed by atoms with Crippen LogP contribution in [-0.2, 0) is 11.2 Å². The number of aromatic nitrogens is 1. The summed E-state index contributed by atoms with van der Waals surface area (Å²) in [6, 6.07) is 19.7. The molecule has 0 unspecified atom stereocenters. The molecule has 2 aliphatic rings. The molecule has 1 amide bonds. The maximum atomic E-state index is 12.8. The molecular formula is C24H22N4O2. The van der Waals surface area contributed by atoms with Gasteiger partial charge in [-0.1, -0.05) is 30.3 Å². The summed E-state index contributed by atoms with van der Waals surface area (Å²) in [5.41, 5.74) is 5.64. The second-order valence-corrected chi connectivity index (χ2v) is 7.37. The van der Waals surface area contributed by atoms with E-state index in [0.29, 0.717) is 17.8 Å². The molecule has 0 radical (unpaired) electrons. The van der Waals surface area contributed by atoms with Crippen molar-refractivity contribution in [1.29, 1.82) is 0 Å². The van der Waals surface area contributed by atoms with Crippen LogP contribution >= 0.6 is 0 Å². The zero-order valence-electron chi connectivity index (χ0n) is 16.5. The molecule has 30 heavy (non-hydrogen) atoms. The van der Waals surface area contributed by atoms with E-state index in [9.17, 15) is 4.79 Å². The van der Waals surface area contributed by atoms with Gasteiger partial charge in [-0.25, -0.2) is 4.98 Å². The predicted octanol–water partition coefficient (Wildman–Crippen LogP) is 3.85. The molecule has 1 aromatic heterocycles. The summed E-state index contributed by atoms with van der Waals surface area (Å²) in [5.74, 6) is 0.332. The highest BCUT2D eigenvalue weighted by atomic mass is 16.5. The lowest BCUT2D eigenvalue weighted by molar-refractivity contribution is 0.102. The minimum absolute atomic E-state index is 0.197. The molecule has 150 valence electrons. The number of para-hydroxylation sites is 1. The van der Waals surface area contributed by atoms with E-state index in [4.69, 9.17) is 9.73 Å². The first-order valence-corrected chi connectivity index (χ1v) is 10.1. The van der Waals surface area contributed by atoms with E-state index in [1.165, 1.54) is 5.69 Å². The van der Waals surface area contributed by atoms with Crippen LogP contribution in [0.3, 0.4) is 0 Å². The van der Waals surface area contributed by atoms with Crippen molar-refractivity contribution >= 4 is 28.8 Å². The van der Waals surface area contributed by atoms with Crippen molar-refractivity contribution < 1.29 is 9.53 Å². The summed E-state index contributed by atoms with van der Waals surface area (Å²) in [4.78, 5) is 24.2. The van der Waals surface area contributed by atoms with Gasteiger partial charge in [-0.05, 0) is 41.5 Å². The number of nitrogens with zero attached hydrogens (tertiary/aromatic N) is 3. The second kappa shape index (κ2) is 8.08. The maximum absolute atomic E-state index is 12.8. The Bertz CT molecular complexity index is 1110. The number of pyridine rings is 1. The van der Waals surface area contributed by atoms with Gasteiger partial charge in [-0.3, -0.25) is 9.79 Å². The largest absolute Gasteiger partial charge is 0.378 e. The van der Waals surface area contributed by atoms with E-state index in [1.54, 1.807) is 12.3 Å². The molecule has 2 aromatic carbocycles. The second-order valence-electron chi connectivity index (χ2n) is 7.37. The van der Waals surface area contributed by atoms with Crippen molar-refractivity contribution in [2.75, 3.05) is 36.5 Å². The van der Waals surface area contributed by atoms with Crippen LogP contribution in [0.25, 0.3) is 0 Å². The fraction of sp³-hybridized carbons (Fsp3) is 0.208. The quantitative estimate of drug-likeness (QED) is 0.725. The smallest absolute Gasteiger partial charge is 0.259 e. The maximum Gasteiger partial charge on any atom is 0.259 e. The van der Waals surface area contributed by atoms with Crippen LogP contribution < -0.4 is 10.2 Å². The number of nitrogens with one attached hydrogen (secondary N) is 1. The monoisotopic (exact) mass is 398 g/mol. The summed E-state index contributed by atoms with van der Waals surface area (Å²) >= 11 is 0. The number of amides is 1. The molecule has 0 aliphatic carbocycles. The average molecular weight is 398 g/mol. The van der Waals surface area contributed by atoms with Gasteiger partial charge in [-0.15, -0.1) is 0 Å². The average Bonchev–Trinajstić information content (AvgIpc) is 3.25. The molecule has 1 saturated heterocycles. The third kappa shape index (κ3) is 3.69. The minimum atomic E-state index is -0.197. The molecule has 1 fully saturated rings. The lowest BCUT2D eigenvalue weighted by Crippen LogP contribution is -2.36. The number of carbonyl (C=O) groups is 1. The summed E-state index contributed by atoms with van der Waals surface area (Å²) in [6.45, 7) is 3.30. The van der Waals surface area contributed by atoms with E-state index >= 15 is 0 Å². The van der Waals surface area contributed by atoms with Gasteiger partial charge < -0.3 is 15.0 Å². The number of benzene rings is 2. The van der Waals surface area contributed by atoms with E-state index in [2.05, 4.69) is 39.5 Å². The zero-order chi connectivity index (χ0) is 20.3. The van der Waals surface area contributed by atoms with Crippen molar-refractivity contribution in [2.45, 2.75) is 6.42 Å². The molecular weight excluding hydrogens is 376 g/mol. The van der Waals surface area contributed by atoms with Crippen molar-refractivity contribution in [1.82, 2.24) is 4.98 Å². The summed E-state index contributed by atoms with van der Waals surface area (Å²) in [5, 5.41) is 2.86. The first kappa shape index (κ1) is 18.5. The molecule has 5 rings (SSSR count). The number of morpholine rings is 1. The molecule has 0 saturated carbocycles. The van der Waals surface area contributed by atoms with E-state index in [1.807, 2.05) is 30.3 Å². The Hall–Kier alpha value is -3.51. The summed E-state index contributed by atoms with van der Waals surface area (Å²) in [6.07, 6.45) is 2.37. The topological polar surface area (TPSA) is 66.8 Å². The number of fused-ring (bicyclic) bond motifs is 1. The molecule has 6 nitrogen and oxygen atoms in total. The van der Waals surface area contributed by atoms with Crippen LogP contribution in [-0.4, -0.2) is 42.9 Å². The molecule has 2 aliphatic heterocycles. The highest BCUT2D eigenvalue weighted by Crippen LogP contribution is 2.33. The summed E-state index contributed by atoms with van der Waals surface area (Å²) in [7, 11) is 0. The summed E-state index contributed by atoms with van der Waals surface area (Å²) < 4.78 is 5.46. The van der Waals surface area contributed by atoms with Crippen LogP contribution in [0.5, 0.6) is 0 Å². The van der Waals surface area contributed by atoms with Crippen molar-refractivity contribution in [2.24, 2.45) is 4.99 Å². The van der Waals surface area contributed by atoms with Gasteiger partial charge in [0, 0.05) is 31.4 Å². The van der Waals surface area contributed by atoms with E-state index in [0.717, 1.165) is 48.8 Å². The van der Waals surface area contributed by atoms with Gasteiger partial charge in [-0.2, -0.15) is 0 Å². The number of rotatable bonds is 4. The Morgan fingerprint density at radius 1 is 1.00 bits per heavy atom. The lowest BCUT2D eigenvalue weighted by atomic mass is 10.0. The Kier molecular flexibility index (Phi) is 4.99. The molecule has 1 N–H and O–H groups in total. The third-order valence-corrected chi connectivity index (χ3v) is 5.43. The van der Waals surface area contributed by atoms with Crippen molar-refractivity contribution in [3.05, 3.63) is 83.6 Å². The lowest BCUT2D eigenvalue weighted by Gasteiger charge is -2.29. The number of carbonyl (C=O) groups excluding carboxylic acids is 1. The number of ether oxygens (including phenoxy) is 1. The van der Waals surface area contributed by atoms with Crippen LogP contribution in [0.15, 0.2) is 71.9 Å². The molecule has 0 spiro atoms. The van der Waals surface area contributed by atoms with Crippen LogP contribution in [0, 0.1) is 0 Å². The van der Waals surface area contributed by atoms with Gasteiger partial charge in [0.1, 0.15) is 5.82 Å². The van der Waals surface area contributed by atoms with Crippen LogP contribution in [0.2, 0.25) is 0 Å². The molecule has 3 heterocycles. The fourth-order valence-corrected chi connectivity index (χ4v) is 3.89. The SMILES string of the molecule is O=C(Nc1ccccn1)c1cccc2c1N=C(c1cccc(N3CCOCC3)c1)C2. The minimum Gasteiger partial charge on any atom is -0.378 e. The Morgan fingerprint density at radius 2 is 1.87 bits per heavy atom. The highest BCUT2D eigenvalue weighted by Gasteiger charge is 2.23. The predicted molar refractivity (Wildman–Crippen MR) is 118 cm³/mol. The molecule has 3 aromatic rings. The van der Waals surface area contributed by atoms with Gasteiger partial charge >= 0.3 is 0 Å². The normalized spacial score (nSPS) is 15.5. The Labute approximate surface area is 175 Å². The Morgan fingerprint density at radius 3 is 2.70 bits per heavy atom. The third-order valence-electron chi connectivity index (χ3n) is 5.43. The van der Waals surface area contributed by atoms with Crippen LogP contribution in [0.1, 0.15) is 21.5 Å². The van der Waals surface area contributed by atoms with Crippen molar-refractivity contribution in [3.8, 4) is 0 Å². The van der Waals surface area contributed by atoms with Gasteiger partial charge in [0.2, 0.25) is 0 Å². The van der Waals surface area contributed by atoms with Gasteiger partial charge in [0.15, 0.2) is 0 Å².